The Morgan fingerprint density at radius 2 is 1.79 bits per heavy atom. The Hall–Kier alpha value is -2.62. The summed E-state index contributed by atoms with van der Waals surface area (Å²) in [5.74, 6) is -0.0848. The van der Waals surface area contributed by atoms with Gasteiger partial charge in [-0.1, -0.05) is 30.3 Å². The van der Waals surface area contributed by atoms with Gasteiger partial charge in [0.25, 0.3) is 5.91 Å². The van der Waals surface area contributed by atoms with Crippen LogP contribution in [0.1, 0.15) is 10.4 Å². The van der Waals surface area contributed by atoms with E-state index in [1.165, 1.54) is 0 Å². The lowest BCUT2D eigenvalue weighted by Crippen LogP contribution is -2.25. The van der Waals surface area contributed by atoms with Crippen molar-refractivity contribution in [3.8, 4) is 0 Å². The van der Waals surface area contributed by atoms with Gasteiger partial charge < -0.3 is 9.88 Å². The largest absolute Gasteiger partial charge is 0.334 e. The van der Waals surface area contributed by atoms with Crippen molar-refractivity contribution in [1.29, 1.82) is 0 Å². The zero-order valence-corrected chi connectivity index (χ0v) is 10.3. The summed E-state index contributed by atoms with van der Waals surface area (Å²) in [6.07, 6.45) is 1.73. The first-order valence-corrected chi connectivity index (χ1v) is 6.08. The van der Waals surface area contributed by atoms with Gasteiger partial charge in [0.1, 0.15) is 0 Å². The minimum Gasteiger partial charge on any atom is -0.334 e. The minimum atomic E-state index is -0.0848. The molecule has 0 aliphatic heterocycles. The zero-order chi connectivity index (χ0) is 13.1. The molecule has 1 amide bonds. The Balaban J connectivity index is 1.75. The van der Waals surface area contributed by atoms with Crippen molar-refractivity contribution in [3.05, 3.63) is 66.5 Å². The number of amides is 1. The van der Waals surface area contributed by atoms with Gasteiger partial charge in [0.2, 0.25) is 0 Å². The van der Waals surface area contributed by atoms with E-state index in [0.29, 0.717) is 12.2 Å². The standard InChI is InChI=1S/C15H13N3O/c19-15(12-6-2-1-3-7-12)17-11-18-10-16-13-8-4-5-9-14(13)18/h1-10H,11H2,(H,17,19). The summed E-state index contributed by atoms with van der Waals surface area (Å²) < 4.78 is 1.91. The lowest BCUT2D eigenvalue weighted by atomic mass is 10.2. The van der Waals surface area contributed by atoms with Crippen LogP contribution in [0.4, 0.5) is 0 Å². The van der Waals surface area contributed by atoms with Crippen molar-refractivity contribution in [2.75, 3.05) is 0 Å². The molecule has 0 aliphatic carbocycles. The minimum absolute atomic E-state index is 0.0848. The summed E-state index contributed by atoms with van der Waals surface area (Å²) in [5.41, 5.74) is 2.60. The predicted molar refractivity (Wildman–Crippen MR) is 73.6 cm³/mol. The van der Waals surface area contributed by atoms with E-state index >= 15 is 0 Å². The zero-order valence-electron chi connectivity index (χ0n) is 10.3. The normalized spacial score (nSPS) is 10.5. The second-order valence-electron chi connectivity index (χ2n) is 4.23. The van der Waals surface area contributed by atoms with Crippen LogP contribution >= 0.6 is 0 Å². The molecule has 0 saturated carbocycles. The van der Waals surface area contributed by atoms with Crippen LogP contribution < -0.4 is 5.32 Å². The lowest BCUT2D eigenvalue weighted by Gasteiger charge is -2.07. The number of hydrogen-bond acceptors (Lipinski definition) is 2. The van der Waals surface area contributed by atoms with Crippen LogP contribution in [0.3, 0.4) is 0 Å². The van der Waals surface area contributed by atoms with E-state index in [4.69, 9.17) is 0 Å². The van der Waals surface area contributed by atoms with Gasteiger partial charge in [0.15, 0.2) is 0 Å². The highest BCUT2D eigenvalue weighted by Crippen LogP contribution is 2.10. The van der Waals surface area contributed by atoms with Crippen LogP contribution in [-0.2, 0) is 6.67 Å². The fraction of sp³-hybridized carbons (Fsp3) is 0.0667. The third kappa shape index (κ3) is 2.33. The number of para-hydroxylation sites is 2. The van der Waals surface area contributed by atoms with E-state index in [-0.39, 0.29) is 5.91 Å². The van der Waals surface area contributed by atoms with E-state index < -0.39 is 0 Å². The second kappa shape index (κ2) is 4.94. The van der Waals surface area contributed by atoms with Crippen molar-refractivity contribution in [1.82, 2.24) is 14.9 Å². The van der Waals surface area contributed by atoms with Gasteiger partial charge in [-0.2, -0.15) is 0 Å². The maximum absolute atomic E-state index is 11.9. The van der Waals surface area contributed by atoms with Gasteiger partial charge in [-0.15, -0.1) is 0 Å². The fourth-order valence-electron chi connectivity index (χ4n) is 1.98. The molecular formula is C15H13N3O. The molecule has 4 heteroatoms. The average molecular weight is 251 g/mol. The van der Waals surface area contributed by atoms with E-state index in [1.54, 1.807) is 18.5 Å². The molecule has 0 aliphatic rings. The summed E-state index contributed by atoms with van der Waals surface area (Å²) in [5, 5.41) is 2.88. The van der Waals surface area contributed by atoms with E-state index in [1.807, 2.05) is 47.0 Å². The summed E-state index contributed by atoms with van der Waals surface area (Å²) in [7, 11) is 0. The molecule has 2 aromatic carbocycles. The molecule has 0 atom stereocenters. The average Bonchev–Trinajstić information content (AvgIpc) is 2.89. The number of carbonyl (C=O) groups is 1. The van der Waals surface area contributed by atoms with Crippen LogP contribution in [0, 0.1) is 0 Å². The highest BCUT2D eigenvalue weighted by Gasteiger charge is 2.05. The van der Waals surface area contributed by atoms with Crippen molar-refractivity contribution in [3.63, 3.8) is 0 Å². The molecule has 0 fully saturated rings. The number of nitrogens with one attached hydrogen (secondary N) is 1. The molecule has 94 valence electrons. The molecule has 3 rings (SSSR count). The van der Waals surface area contributed by atoms with Crippen LogP contribution in [0.2, 0.25) is 0 Å². The van der Waals surface area contributed by atoms with Crippen molar-refractivity contribution in [2.45, 2.75) is 6.67 Å². The maximum atomic E-state index is 11.9. The number of aromatic nitrogens is 2. The smallest absolute Gasteiger partial charge is 0.252 e. The first kappa shape index (κ1) is 11.5. The first-order valence-electron chi connectivity index (χ1n) is 6.08. The van der Waals surface area contributed by atoms with Gasteiger partial charge in [-0.3, -0.25) is 4.79 Å². The van der Waals surface area contributed by atoms with E-state index in [0.717, 1.165) is 11.0 Å². The topological polar surface area (TPSA) is 46.9 Å². The number of fused-ring (bicyclic) bond motifs is 1. The number of imidazole rings is 1. The molecule has 4 nitrogen and oxygen atoms in total. The summed E-state index contributed by atoms with van der Waals surface area (Å²) in [6, 6.07) is 17.0. The summed E-state index contributed by atoms with van der Waals surface area (Å²) in [4.78, 5) is 16.2. The molecule has 0 bridgehead atoms. The molecule has 1 aromatic heterocycles. The van der Waals surface area contributed by atoms with Crippen LogP contribution in [0.5, 0.6) is 0 Å². The number of benzene rings is 2. The van der Waals surface area contributed by atoms with Gasteiger partial charge in [-0.25, -0.2) is 4.98 Å². The Morgan fingerprint density at radius 1 is 1.05 bits per heavy atom. The van der Waals surface area contributed by atoms with Crippen LogP contribution in [0.15, 0.2) is 60.9 Å². The third-order valence-electron chi connectivity index (χ3n) is 2.97. The monoisotopic (exact) mass is 251 g/mol. The number of nitrogens with zero attached hydrogens (tertiary/aromatic N) is 2. The van der Waals surface area contributed by atoms with Gasteiger partial charge in [0, 0.05) is 5.56 Å². The maximum Gasteiger partial charge on any atom is 0.252 e. The highest BCUT2D eigenvalue weighted by molar-refractivity contribution is 5.93. The molecule has 1 N–H and O–H groups in total. The lowest BCUT2D eigenvalue weighted by molar-refractivity contribution is 0.0943. The van der Waals surface area contributed by atoms with Crippen molar-refractivity contribution >= 4 is 16.9 Å². The molecule has 3 aromatic rings. The van der Waals surface area contributed by atoms with Gasteiger partial charge in [-0.05, 0) is 24.3 Å². The van der Waals surface area contributed by atoms with Crippen LogP contribution in [-0.4, -0.2) is 15.5 Å². The fourth-order valence-corrected chi connectivity index (χ4v) is 1.98. The Bertz CT molecular complexity index is 703. The van der Waals surface area contributed by atoms with Crippen molar-refractivity contribution in [2.24, 2.45) is 0 Å². The third-order valence-corrected chi connectivity index (χ3v) is 2.97. The molecule has 0 unspecified atom stereocenters. The van der Waals surface area contributed by atoms with Gasteiger partial charge >= 0.3 is 0 Å². The van der Waals surface area contributed by atoms with Crippen molar-refractivity contribution < 1.29 is 4.79 Å². The summed E-state index contributed by atoms with van der Waals surface area (Å²) >= 11 is 0. The van der Waals surface area contributed by atoms with E-state index in [9.17, 15) is 4.79 Å². The summed E-state index contributed by atoms with van der Waals surface area (Å²) in [6.45, 7) is 0.411. The number of carbonyl (C=O) groups excluding carboxylic acids is 1. The Kier molecular flexibility index (Phi) is 2.98. The Labute approximate surface area is 110 Å². The SMILES string of the molecule is O=C(NCn1cnc2ccccc21)c1ccccc1. The molecule has 0 radical (unpaired) electrons. The number of hydrogen-bond donors (Lipinski definition) is 1. The quantitative estimate of drug-likeness (QED) is 0.777. The molecule has 0 spiro atoms. The van der Waals surface area contributed by atoms with Gasteiger partial charge in [0.05, 0.1) is 24.0 Å². The molecular weight excluding hydrogens is 238 g/mol. The van der Waals surface area contributed by atoms with E-state index in [2.05, 4.69) is 10.3 Å². The van der Waals surface area contributed by atoms with Crippen LogP contribution in [0.25, 0.3) is 11.0 Å². The molecule has 1 heterocycles. The highest BCUT2D eigenvalue weighted by atomic mass is 16.1. The number of rotatable bonds is 3. The predicted octanol–water partition coefficient (Wildman–Crippen LogP) is 2.42. The molecule has 19 heavy (non-hydrogen) atoms. The molecule has 0 saturated heterocycles. The first-order chi connectivity index (χ1) is 9.34. The Morgan fingerprint density at radius 3 is 2.63 bits per heavy atom. The second-order valence-corrected chi connectivity index (χ2v) is 4.23.